The van der Waals surface area contributed by atoms with Crippen LogP contribution in [0.15, 0.2) is 29.3 Å². The van der Waals surface area contributed by atoms with E-state index in [9.17, 15) is 13.2 Å². The first kappa shape index (κ1) is 20.2. The van der Waals surface area contributed by atoms with E-state index in [1.54, 1.807) is 0 Å². The van der Waals surface area contributed by atoms with Crippen LogP contribution in [0.5, 0.6) is 0 Å². The van der Waals surface area contributed by atoms with E-state index in [0.29, 0.717) is 25.5 Å². The number of benzene rings is 1. The Kier molecular flexibility index (Phi) is 7.44. The number of nitrogens with one attached hydrogen (secondary N) is 3. The smallest absolute Gasteiger partial charge is 0.222 e. The van der Waals surface area contributed by atoms with Gasteiger partial charge in [0.2, 0.25) is 5.91 Å². The van der Waals surface area contributed by atoms with Crippen LogP contribution in [0.2, 0.25) is 0 Å². The van der Waals surface area contributed by atoms with Gasteiger partial charge in [0.05, 0.1) is 18.1 Å². The van der Waals surface area contributed by atoms with Crippen molar-refractivity contribution in [3.63, 3.8) is 0 Å². The lowest BCUT2D eigenvalue weighted by Crippen LogP contribution is -2.41. The Morgan fingerprint density at radius 3 is 2.77 bits per heavy atom. The van der Waals surface area contributed by atoms with Crippen molar-refractivity contribution in [2.45, 2.75) is 39.3 Å². The van der Waals surface area contributed by atoms with Crippen molar-refractivity contribution in [2.75, 3.05) is 24.6 Å². The normalized spacial score (nSPS) is 19.2. The summed E-state index contributed by atoms with van der Waals surface area (Å²) in [6.45, 7) is 5.75. The number of carbonyl (C=O) groups is 1. The maximum absolute atomic E-state index is 12.0. The van der Waals surface area contributed by atoms with E-state index in [2.05, 4.69) is 27.0 Å². The Morgan fingerprint density at radius 2 is 2.12 bits per heavy atom. The lowest BCUT2D eigenvalue weighted by Gasteiger charge is -2.13. The fourth-order valence-electron chi connectivity index (χ4n) is 2.83. The number of guanidine groups is 1. The summed E-state index contributed by atoms with van der Waals surface area (Å²) in [6.07, 6.45) is 0.771. The summed E-state index contributed by atoms with van der Waals surface area (Å²) in [5, 5.41) is 9.08. The molecular weight excluding hydrogens is 352 g/mol. The highest BCUT2D eigenvalue weighted by molar-refractivity contribution is 7.91. The zero-order valence-corrected chi connectivity index (χ0v) is 16.2. The fourth-order valence-corrected chi connectivity index (χ4v) is 4.50. The molecule has 1 aromatic carbocycles. The van der Waals surface area contributed by atoms with Gasteiger partial charge in [0.15, 0.2) is 15.8 Å². The highest BCUT2D eigenvalue weighted by Crippen LogP contribution is 2.11. The predicted octanol–water partition coefficient (Wildman–Crippen LogP) is 0.744. The van der Waals surface area contributed by atoms with Crippen LogP contribution >= 0.6 is 0 Å². The molecule has 1 amide bonds. The molecule has 0 spiro atoms. The van der Waals surface area contributed by atoms with Crippen molar-refractivity contribution in [3.8, 4) is 0 Å². The van der Waals surface area contributed by atoms with Crippen molar-refractivity contribution < 1.29 is 13.2 Å². The quantitative estimate of drug-likeness (QED) is 0.479. The molecule has 0 aromatic heterocycles. The molecule has 144 valence electrons. The van der Waals surface area contributed by atoms with Gasteiger partial charge in [-0.05, 0) is 25.8 Å². The lowest BCUT2D eigenvalue weighted by atomic mass is 10.1. The van der Waals surface area contributed by atoms with Gasteiger partial charge < -0.3 is 16.0 Å². The number of hydrogen-bond acceptors (Lipinski definition) is 4. The van der Waals surface area contributed by atoms with Crippen LogP contribution in [-0.4, -0.2) is 50.9 Å². The lowest BCUT2D eigenvalue weighted by molar-refractivity contribution is -0.121. The molecule has 3 N–H and O–H groups in total. The van der Waals surface area contributed by atoms with E-state index >= 15 is 0 Å². The van der Waals surface area contributed by atoms with Gasteiger partial charge in [-0.2, -0.15) is 0 Å². The van der Waals surface area contributed by atoms with E-state index < -0.39 is 9.84 Å². The van der Waals surface area contributed by atoms with E-state index in [4.69, 9.17) is 0 Å². The van der Waals surface area contributed by atoms with Gasteiger partial charge in [-0.15, -0.1) is 0 Å². The first-order chi connectivity index (χ1) is 12.4. The van der Waals surface area contributed by atoms with Crippen molar-refractivity contribution >= 4 is 21.7 Å². The largest absolute Gasteiger partial charge is 0.357 e. The molecule has 0 bridgehead atoms. The fraction of sp³-hybridized carbons (Fsp3) is 0.556. The minimum absolute atomic E-state index is 0.0484. The first-order valence-electron chi connectivity index (χ1n) is 8.95. The monoisotopic (exact) mass is 380 g/mol. The van der Waals surface area contributed by atoms with Crippen LogP contribution in [0.3, 0.4) is 0 Å². The number of sulfone groups is 1. The second kappa shape index (κ2) is 9.56. The molecule has 1 fully saturated rings. The Morgan fingerprint density at radius 1 is 1.31 bits per heavy atom. The summed E-state index contributed by atoms with van der Waals surface area (Å²) in [7, 11) is -2.98. The number of amides is 1. The summed E-state index contributed by atoms with van der Waals surface area (Å²) in [6, 6.07) is 7.92. The zero-order valence-electron chi connectivity index (χ0n) is 15.4. The number of aliphatic imine (C=N–C) groups is 1. The molecular formula is C18H28N4O3S. The standard InChI is InChI=1S/C18H28N4O3S/c1-3-19-18(21-12-15-6-4-5-14(2)11-15)20-9-7-17(23)22-16-8-10-26(24,25)13-16/h4-6,11,16H,3,7-10,12-13H2,1-2H3,(H,22,23)(H2,19,20,21). The minimum atomic E-state index is -2.98. The van der Waals surface area contributed by atoms with E-state index in [0.717, 1.165) is 12.1 Å². The van der Waals surface area contributed by atoms with Gasteiger partial charge in [0, 0.05) is 25.6 Å². The number of nitrogens with zero attached hydrogens (tertiary/aromatic N) is 1. The third-order valence-corrected chi connectivity index (χ3v) is 5.86. The van der Waals surface area contributed by atoms with Crippen molar-refractivity contribution in [2.24, 2.45) is 4.99 Å². The summed E-state index contributed by atoms with van der Waals surface area (Å²) in [4.78, 5) is 16.5. The Balaban J connectivity index is 1.77. The Hall–Kier alpha value is -2.09. The van der Waals surface area contributed by atoms with E-state index in [-0.39, 0.29) is 29.9 Å². The number of hydrogen-bond donors (Lipinski definition) is 3. The Labute approximate surface area is 155 Å². The molecule has 7 nitrogen and oxygen atoms in total. The van der Waals surface area contributed by atoms with Crippen molar-refractivity contribution in [3.05, 3.63) is 35.4 Å². The topological polar surface area (TPSA) is 99.7 Å². The molecule has 26 heavy (non-hydrogen) atoms. The summed E-state index contributed by atoms with van der Waals surface area (Å²) in [5.74, 6) is 0.721. The molecule has 1 heterocycles. The van der Waals surface area contributed by atoms with Crippen molar-refractivity contribution in [1.82, 2.24) is 16.0 Å². The number of aryl methyl sites for hydroxylation is 1. The van der Waals surface area contributed by atoms with Crippen LogP contribution in [0, 0.1) is 6.92 Å². The molecule has 1 atom stereocenters. The highest BCUT2D eigenvalue weighted by Gasteiger charge is 2.28. The maximum Gasteiger partial charge on any atom is 0.222 e. The molecule has 2 rings (SSSR count). The van der Waals surface area contributed by atoms with Gasteiger partial charge in [0.25, 0.3) is 0 Å². The molecule has 0 aliphatic carbocycles. The predicted molar refractivity (Wildman–Crippen MR) is 104 cm³/mol. The number of carbonyl (C=O) groups excluding carboxylic acids is 1. The van der Waals surface area contributed by atoms with Crippen molar-refractivity contribution in [1.29, 1.82) is 0 Å². The average Bonchev–Trinajstić information content (AvgIpc) is 2.91. The van der Waals surface area contributed by atoms with Gasteiger partial charge in [-0.1, -0.05) is 29.8 Å². The first-order valence-corrected chi connectivity index (χ1v) is 10.8. The van der Waals surface area contributed by atoms with Crippen LogP contribution in [0.25, 0.3) is 0 Å². The SMILES string of the molecule is CCNC(=NCc1cccc(C)c1)NCCC(=O)NC1CCS(=O)(=O)C1. The van der Waals surface area contributed by atoms with Crippen LogP contribution in [0.4, 0.5) is 0 Å². The molecule has 0 saturated carbocycles. The summed E-state index contributed by atoms with van der Waals surface area (Å²) in [5.41, 5.74) is 2.32. The number of rotatable bonds is 7. The van der Waals surface area contributed by atoms with Crippen LogP contribution in [-0.2, 0) is 21.2 Å². The Bertz CT molecular complexity index is 747. The van der Waals surface area contributed by atoms with E-state index in [1.165, 1.54) is 5.56 Å². The van der Waals surface area contributed by atoms with E-state index in [1.807, 2.05) is 32.0 Å². The molecule has 1 aliphatic rings. The third-order valence-electron chi connectivity index (χ3n) is 4.09. The second-order valence-electron chi connectivity index (χ2n) is 6.53. The second-order valence-corrected chi connectivity index (χ2v) is 8.76. The van der Waals surface area contributed by atoms with Crippen LogP contribution < -0.4 is 16.0 Å². The van der Waals surface area contributed by atoms with Gasteiger partial charge in [-0.25, -0.2) is 13.4 Å². The maximum atomic E-state index is 12.0. The molecule has 1 saturated heterocycles. The minimum Gasteiger partial charge on any atom is -0.357 e. The zero-order chi connectivity index (χ0) is 19.0. The molecule has 1 unspecified atom stereocenters. The molecule has 8 heteroatoms. The molecule has 0 radical (unpaired) electrons. The average molecular weight is 381 g/mol. The highest BCUT2D eigenvalue weighted by atomic mass is 32.2. The summed E-state index contributed by atoms with van der Waals surface area (Å²) >= 11 is 0. The van der Waals surface area contributed by atoms with Gasteiger partial charge in [0.1, 0.15) is 0 Å². The molecule has 1 aromatic rings. The van der Waals surface area contributed by atoms with Gasteiger partial charge in [-0.3, -0.25) is 4.79 Å². The summed E-state index contributed by atoms with van der Waals surface area (Å²) < 4.78 is 22.8. The van der Waals surface area contributed by atoms with Gasteiger partial charge >= 0.3 is 0 Å². The van der Waals surface area contributed by atoms with Crippen LogP contribution in [0.1, 0.15) is 30.9 Å². The molecule has 1 aliphatic heterocycles. The third kappa shape index (κ3) is 7.03.